The van der Waals surface area contributed by atoms with Crippen LogP contribution in [0.2, 0.25) is 0 Å². The minimum Gasteiger partial charge on any atom is -0.361 e. The predicted octanol–water partition coefficient (Wildman–Crippen LogP) is 1.16. The highest BCUT2D eigenvalue weighted by molar-refractivity contribution is 5.02. The smallest absolute Gasteiger partial charge is 0.156 e. The van der Waals surface area contributed by atoms with E-state index in [9.17, 15) is 0 Å². The number of hydrogen-bond acceptors (Lipinski definition) is 4. The molecule has 1 heterocycles. The van der Waals surface area contributed by atoms with Gasteiger partial charge in [-0.15, -0.1) is 0 Å². The molecular weight excluding hydrogens is 214 g/mol. The van der Waals surface area contributed by atoms with E-state index in [1.807, 2.05) is 0 Å². The number of nitrogens with one attached hydrogen (secondary N) is 1. The third kappa shape index (κ3) is 5.83. The average molecular weight is 237 g/mol. The van der Waals surface area contributed by atoms with Crippen molar-refractivity contribution in [2.75, 3.05) is 32.8 Å². The highest BCUT2D eigenvalue weighted by Crippen LogP contribution is 2.07. The van der Waals surface area contributed by atoms with Crippen molar-refractivity contribution in [1.82, 2.24) is 10.2 Å². The zero-order valence-corrected chi connectivity index (χ0v) is 11.1. The highest BCUT2D eigenvalue weighted by atomic mass is 16.5. The zero-order valence-electron chi connectivity index (χ0n) is 11.1. The molecule has 4 heteroatoms. The Labute approximate surface area is 104 Å². The summed E-state index contributed by atoms with van der Waals surface area (Å²) in [6.07, 6.45) is -0.285. The lowest BCUT2D eigenvalue weighted by molar-refractivity contribution is 0.00404. The number of nitriles is 1. The average Bonchev–Trinajstić information content (AvgIpc) is 2.26. The Morgan fingerprint density at radius 1 is 1.59 bits per heavy atom. The SMILES string of the molecule is C=C(CNC(C)(C)C)CN1CCOC(C#N)C1. The van der Waals surface area contributed by atoms with E-state index in [4.69, 9.17) is 10.00 Å². The van der Waals surface area contributed by atoms with E-state index >= 15 is 0 Å². The third-order valence-electron chi connectivity index (χ3n) is 2.61. The van der Waals surface area contributed by atoms with Gasteiger partial charge in [0.25, 0.3) is 0 Å². The second-order valence-corrected chi connectivity index (χ2v) is 5.58. The first-order chi connectivity index (χ1) is 7.90. The molecule has 1 unspecified atom stereocenters. The van der Waals surface area contributed by atoms with Gasteiger partial charge in [0.2, 0.25) is 0 Å². The van der Waals surface area contributed by atoms with Gasteiger partial charge in [-0.1, -0.05) is 6.58 Å². The fourth-order valence-corrected chi connectivity index (χ4v) is 1.69. The van der Waals surface area contributed by atoms with Crippen LogP contribution in [0.25, 0.3) is 0 Å². The van der Waals surface area contributed by atoms with Crippen molar-refractivity contribution in [3.05, 3.63) is 12.2 Å². The molecule has 0 saturated carbocycles. The van der Waals surface area contributed by atoms with Crippen molar-refractivity contribution in [2.24, 2.45) is 0 Å². The topological polar surface area (TPSA) is 48.3 Å². The standard InChI is InChI=1S/C13H23N3O/c1-11(8-15-13(2,3)4)9-16-5-6-17-12(7-14)10-16/h12,15H,1,5-6,8-10H2,2-4H3. The van der Waals surface area contributed by atoms with Crippen LogP contribution < -0.4 is 5.32 Å². The number of morpholine rings is 1. The summed E-state index contributed by atoms with van der Waals surface area (Å²) in [5, 5.41) is 12.2. The molecule has 0 amide bonds. The second kappa shape index (κ2) is 6.15. The van der Waals surface area contributed by atoms with Crippen LogP contribution in [0.5, 0.6) is 0 Å². The molecule has 96 valence electrons. The van der Waals surface area contributed by atoms with E-state index in [-0.39, 0.29) is 11.6 Å². The van der Waals surface area contributed by atoms with Gasteiger partial charge >= 0.3 is 0 Å². The summed E-state index contributed by atoms with van der Waals surface area (Å²) < 4.78 is 5.31. The Balaban J connectivity index is 2.29. The molecule has 1 aliphatic heterocycles. The number of rotatable bonds is 4. The van der Waals surface area contributed by atoms with Crippen LogP contribution in [0, 0.1) is 11.3 Å². The molecule has 0 aromatic carbocycles. The lowest BCUT2D eigenvalue weighted by atomic mass is 10.1. The molecule has 0 aromatic heterocycles. The zero-order chi connectivity index (χ0) is 12.9. The molecule has 1 rings (SSSR count). The quantitative estimate of drug-likeness (QED) is 0.745. The number of nitrogens with zero attached hydrogens (tertiary/aromatic N) is 2. The van der Waals surface area contributed by atoms with Gasteiger partial charge in [-0.25, -0.2) is 0 Å². The van der Waals surface area contributed by atoms with Crippen LogP contribution in [0.4, 0.5) is 0 Å². The summed E-state index contributed by atoms with van der Waals surface area (Å²) >= 11 is 0. The first-order valence-electron chi connectivity index (χ1n) is 6.06. The van der Waals surface area contributed by atoms with E-state index in [1.54, 1.807) is 0 Å². The van der Waals surface area contributed by atoms with Crippen LogP contribution in [0.1, 0.15) is 20.8 Å². The molecule has 0 spiro atoms. The summed E-state index contributed by atoms with van der Waals surface area (Å²) in [7, 11) is 0. The van der Waals surface area contributed by atoms with Gasteiger partial charge in [-0.05, 0) is 26.3 Å². The molecule has 0 aliphatic carbocycles. The van der Waals surface area contributed by atoms with Crippen molar-refractivity contribution in [3.63, 3.8) is 0 Å². The van der Waals surface area contributed by atoms with Gasteiger partial charge in [0.05, 0.1) is 12.7 Å². The fraction of sp³-hybridized carbons (Fsp3) is 0.769. The lowest BCUT2D eigenvalue weighted by Gasteiger charge is -2.31. The van der Waals surface area contributed by atoms with Crippen molar-refractivity contribution in [3.8, 4) is 6.07 Å². The molecule has 4 nitrogen and oxygen atoms in total. The Morgan fingerprint density at radius 3 is 2.88 bits per heavy atom. The Morgan fingerprint density at radius 2 is 2.29 bits per heavy atom. The maximum absolute atomic E-state index is 8.82. The molecule has 1 saturated heterocycles. The molecule has 17 heavy (non-hydrogen) atoms. The molecular formula is C13H23N3O. The normalized spacial score (nSPS) is 22.1. The predicted molar refractivity (Wildman–Crippen MR) is 68.7 cm³/mol. The van der Waals surface area contributed by atoms with Crippen LogP contribution >= 0.6 is 0 Å². The van der Waals surface area contributed by atoms with Gasteiger partial charge in [-0.3, -0.25) is 4.90 Å². The Kier molecular flexibility index (Phi) is 5.13. The summed E-state index contributed by atoms with van der Waals surface area (Å²) in [5.41, 5.74) is 1.27. The summed E-state index contributed by atoms with van der Waals surface area (Å²) in [6.45, 7) is 14.4. The first-order valence-corrected chi connectivity index (χ1v) is 6.06. The fourth-order valence-electron chi connectivity index (χ4n) is 1.69. The summed E-state index contributed by atoms with van der Waals surface area (Å²) in [4.78, 5) is 2.23. The van der Waals surface area contributed by atoms with Gasteiger partial charge < -0.3 is 10.1 Å². The largest absolute Gasteiger partial charge is 0.361 e. The van der Waals surface area contributed by atoms with Crippen LogP contribution in [0.3, 0.4) is 0 Å². The van der Waals surface area contributed by atoms with Crippen LogP contribution in [0.15, 0.2) is 12.2 Å². The van der Waals surface area contributed by atoms with E-state index in [2.05, 4.69) is 43.6 Å². The maximum Gasteiger partial charge on any atom is 0.156 e. The minimum atomic E-state index is -0.285. The van der Waals surface area contributed by atoms with Crippen molar-refractivity contribution in [2.45, 2.75) is 32.4 Å². The maximum atomic E-state index is 8.82. The summed E-state index contributed by atoms with van der Waals surface area (Å²) in [6, 6.07) is 2.15. The van der Waals surface area contributed by atoms with Gasteiger partial charge in [-0.2, -0.15) is 5.26 Å². The van der Waals surface area contributed by atoms with Crippen molar-refractivity contribution < 1.29 is 4.74 Å². The number of hydrogen-bond donors (Lipinski definition) is 1. The highest BCUT2D eigenvalue weighted by Gasteiger charge is 2.20. The van der Waals surface area contributed by atoms with E-state index in [1.165, 1.54) is 0 Å². The Hall–Kier alpha value is -0.890. The van der Waals surface area contributed by atoms with Gasteiger partial charge in [0, 0.05) is 31.7 Å². The van der Waals surface area contributed by atoms with Gasteiger partial charge in [0.1, 0.15) is 0 Å². The number of ether oxygens (including phenoxy) is 1. The summed E-state index contributed by atoms with van der Waals surface area (Å²) in [5.74, 6) is 0. The third-order valence-corrected chi connectivity index (χ3v) is 2.61. The molecule has 1 atom stereocenters. The van der Waals surface area contributed by atoms with Crippen molar-refractivity contribution in [1.29, 1.82) is 5.26 Å². The van der Waals surface area contributed by atoms with E-state index < -0.39 is 0 Å². The lowest BCUT2D eigenvalue weighted by Crippen LogP contribution is -2.44. The minimum absolute atomic E-state index is 0.114. The molecule has 0 aromatic rings. The molecule has 0 bridgehead atoms. The molecule has 0 radical (unpaired) electrons. The molecule has 1 aliphatic rings. The van der Waals surface area contributed by atoms with Crippen LogP contribution in [-0.4, -0.2) is 49.3 Å². The van der Waals surface area contributed by atoms with Crippen molar-refractivity contribution >= 4 is 0 Å². The monoisotopic (exact) mass is 237 g/mol. The van der Waals surface area contributed by atoms with Gasteiger partial charge in [0.15, 0.2) is 6.10 Å². The Bertz CT molecular complexity index is 301. The van der Waals surface area contributed by atoms with Crippen LogP contribution in [-0.2, 0) is 4.74 Å². The molecule has 1 fully saturated rings. The molecule has 1 N–H and O–H groups in total. The van der Waals surface area contributed by atoms with E-state index in [0.29, 0.717) is 13.2 Å². The second-order valence-electron chi connectivity index (χ2n) is 5.58. The first kappa shape index (κ1) is 14.2. The van der Waals surface area contributed by atoms with E-state index in [0.717, 1.165) is 25.2 Å².